The quantitative estimate of drug-likeness (QED) is 0.361. The maximum atomic E-state index is 12.5. The van der Waals surface area contributed by atoms with E-state index in [4.69, 9.17) is 27.9 Å². The van der Waals surface area contributed by atoms with E-state index in [0.717, 1.165) is 22.3 Å². The molecular weight excluding hydrogens is 395 g/mol. The van der Waals surface area contributed by atoms with Gasteiger partial charge in [-0.25, -0.2) is 9.78 Å². The lowest BCUT2D eigenvalue weighted by Gasteiger charge is -2.19. The van der Waals surface area contributed by atoms with Gasteiger partial charge in [-0.15, -0.1) is 0 Å². The molecule has 4 nitrogen and oxygen atoms in total. The van der Waals surface area contributed by atoms with Gasteiger partial charge < -0.3 is 4.74 Å². The van der Waals surface area contributed by atoms with E-state index in [2.05, 4.69) is 9.97 Å². The maximum absolute atomic E-state index is 12.5. The summed E-state index contributed by atoms with van der Waals surface area (Å²) in [5.74, 6) is -0.501. The van der Waals surface area contributed by atoms with Crippen LogP contribution in [-0.4, -0.2) is 21.5 Å². The Morgan fingerprint density at radius 3 is 2.11 bits per heavy atom. The van der Waals surface area contributed by atoms with E-state index in [1.807, 2.05) is 57.2 Å². The van der Waals surface area contributed by atoms with Crippen LogP contribution < -0.4 is 0 Å². The van der Waals surface area contributed by atoms with E-state index in [9.17, 15) is 4.79 Å². The molecule has 1 aliphatic rings. The minimum Gasteiger partial charge on any atom is -0.455 e. The standard InChI is InChI=1S/C22H18Cl2N2O2/c1-22(2,3)28-21(27)18-11-25-19-16-6-4-14(23)9-12(16)8-13-10-15(24)5-7-17(13)20(19)26-18/h4-7,9-11H,8H2,1-3H3. The fourth-order valence-electron chi connectivity index (χ4n) is 3.29. The van der Waals surface area contributed by atoms with Gasteiger partial charge in [0.05, 0.1) is 17.6 Å². The van der Waals surface area contributed by atoms with Crippen molar-refractivity contribution in [1.82, 2.24) is 9.97 Å². The highest BCUT2D eigenvalue weighted by Crippen LogP contribution is 2.40. The highest BCUT2D eigenvalue weighted by atomic mass is 35.5. The Hall–Kier alpha value is -2.43. The van der Waals surface area contributed by atoms with Gasteiger partial charge in [0.15, 0.2) is 5.69 Å². The normalized spacial score (nSPS) is 12.5. The summed E-state index contributed by atoms with van der Waals surface area (Å²) in [6.45, 7) is 5.46. The molecule has 2 aromatic carbocycles. The molecule has 0 aliphatic heterocycles. The van der Waals surface area contributed by atoms with Crippen LogP contribution in [0.3, 0.4) is 0 Å². The molecule has 1 aliphatic carbocycles. The Bertz CT molecular complexity index is 1100. The number of esters is 1. The Morgan fingerprint density at radius 1 is 0.964 bits per heavy atom. The zero-order valence-electron chi connectivity index (χ0n) is 15.7. The van der Waals surface area contributed by atoms with Crippen molar-refractivity contribution in [1.29, 1.82) is 0 Å². The fourth-order valence-corrected chi connectivity index (χ4v) is 3.68. The molecule has 0 saturated carbocycles. The van der Waals surface area contributed by atoms with Crippen LogP contribution in [0.5, 0.6) is 0 Å². The molecule has 3 aromatic rings. The number of ether oxygens (including phenoxy) is 1. The largest absolute Gasteiger partial charge is 0.455 e. The fraction of sp³-hybridized carbons (Fsp3) is 0.227. The molecule has 0 saturated heterocycles. The second-order valence-electron chi connectivity index (χ2n) is 7.73. The van der Waals surface area contributed by atoms with E-state index in [0.29, 0.717) is 27.9 Å². The van der Waals surface area contributed by atoms with Gasteiger partial charge in [-0.05, 0) is 62.6 Å². The molecular formula is C22H18Cl2N2O2. The Balaban J connectivity index is 1.94. The number of carbonyl (C=O) groups excluding carboxylic acids is 1. The summed E-state index contributed by atoms with van der Waals surface area (Å²) in [5, 5.41) is 1.30. The highest BCUT2D eigenvalue weighted by molar-refractivity contribution is 6.31. The summed E-state index contributed by atoms with van der Waals surface area (Å²) < 4.78 is 5.46. The number of benzene rings is 2. The molecule has 0 bridgehead atoms. The zero-order chi connectivity index (χ0) is 20.1. The molecule has 1 heterocycles. The highest BCUT2D eigenvalue weighted by Gasteiger charge is 2.25. The van der Waals surface area contributed by atoms with Crippen LogP contribution in [0.25, 0.3) is 22.5 Å². The van der Waals surface area contributed by atoms with E-state index >= 15 is 0 Å². The average Bonchev–Trinajstić information content (AvgIpc) is 2.73. The molecule has 4 rings (SSSR count). The Morgan fingerprint density at radius 2 is 1.54 bits per heavy atom. The smallest absolute Gasteiger partial charge is 0.359 e. The molecule has 0 radical (unpaired) electrons. The predicted molar refractivity (Wildman–Crippen MR) is 111 cm³/mol. The van der Waals surface area contributed by atoms with Crippen LogP contribution >= 0.6 is 23.2 Å². The zero-order valence-corrected chi connectivity index (χ0v) is 17.2. The van der Waals surface area contributed by atoms with E-state index < -0.39 is 11.6 Å². The van der Waals surface area contributed by atoms with Crippen LogP contribution in [0.2, 0.25) is 10.0 Å². The second-order valence-corrected chi connectivity index (χ2v) is 8.61. The van der Waals surface area contributed by atoms with Crippen LogP contribution in [0.4, 0.5) is 0 Å². The summed E-state index contributed by atoms with van der Waals surface area (Å²) >= 11 is 12.5. The minimum absolute atomic E-state index is 0.173. The number of fused-ring (bicyclic) bond motifs is 5. The third-order valence-corrected chi connectivity index (χ3v) is 4.88. The van der Waals surface area contributed by atoms with Gasteiger partial charge in [-0.1, -0.05) is 35.3 Å². The van der Waals surface area contributed by atoms with Crippen molar-refractivity contribution >= 4 is 29.2 Å². The van der Waals surface area contributed by atoms with E-state index in [1.54, 1.807) is 0 Å². The van der Waals surface area contributed by atoms with Crippen molar-refractivity contribution in [2.75, 3.05) is 0 Å². The van der Waals surface area contributed by atoms with Gasteiger partial charge in [0.2, 0.25) is 0 Å². The average molecular weight is 413 g/mol. The van der Waals surface area contributed by atoms with Gasteiger partial charge in [-0.3, -0.25) is 4.98 Å². The van der Waals surface area contributed by atoms with Crippen LogP contribution in [-0.2, 0) is 11.2 Å². The number of halogens is 2. The molecule has 0 unspecified atom stereocenters. The lowest BCUT2D eigenvalue weighted by molar-refractivity contribution is 0.00625. The summed E-state index contributed by atoms with van der Waals surface area (Å²) in [7, 11) is 0. The number of hydrogen-bond donors (Lipinski definition) is 0. The first-order chi connectivity index (χ1) is 13.2. The van der Waals surface area contributed by atoms with Gasteiger partial charge in [-0.2, -0.15) is 0 Å². The molecule has 0 atom stereocenters. The van der Waals surface area contributed by atoms with Crippen LogP contribution in [0.1, 0.15) is 42.4 Å². The number of nitrogens with zero attached hydrogens (tertiary/aromatic N) is 2. The molecule has 0 spiro atoms. The second kappa shape index (κ2) is 6.87. The SMILES string of the molecule is CC(C)(C)OC(=O)c1cnc2c(n1)-c1ccc(Cl)cc1Cc1cc(Cl)ccc1-2. The van der Waals surface area contributed by atoms with Crippen molar-refractivity contribution in [2.45, 2.75) is 32.8 Å². The van der Waals surface area contributed by atoms with Crippen molar-refractivity contribution in [3.8, 4) is 22.5 Å². The number of aromatic nitrogens is 2. The maximum Gasteiger partial charge on any atom is 0.359 e. The Kier molecular flexibility index (Phi) is 4.64. The summed E-state index contributed by atoms with van der Waals surface area (Å²) in [4.78, 5) is 21.7. The lowest BCUT2D eigenvalue weighted by atomic mass is 10.00. The van der Waals surface area contributed by atoms with Gasteiger partial charge in [0, 0.05) is 21.2 Å². The summed E-state index contributed by atoms with van der Waals surface area (Å²) in [6.07, 6.45) is 2.11. The van der Waals surface area contributed by atoms with Gasteiger partial charge in [0.25, 0.3) is 0 Å². The van der Waals surface area contributed by atoms with E-state index in [-0.39, 0.29) is 5.69 Å². The van der Waals surface area contributed by atoms with Crippen LogP contribution in [0.15, 0.2) is 42.6 Å². The number of hydrogen-bond acceptors (Lipinski definition) is 4. The first-order valence-corrected chi connectivity index (χ1v) is 9.65. The monoisotopic (exact) mass is 412 g/mol. The van der Waals surface area contributed by atoms with Crippen LogP contribution in [0, 0.1) is 0 Å². The minimum atomic E-state index is -0.611. The first kappa shape index (κ1) is 18.9. The van der Waals surface area contributed by atoms with Crippen molar-refractivity contribution < 1.29 is 9.53 Å². The topological polar surface area (TPSA) is 52.1 Å². The molecule has 0 fully saturated rings. The Labute approximate surface area is 173 Å². The molecule has 142 valence electrons. The lowest BCUT2D eigenvalue weighted by Crippen LogP contribution is -2.24. The third-order valence-electron chi connectivity index (χ3n) is 4.41. The third kappa shape index (κ3) is 3.62. The molecule has 28 heavy (non-hydrogen) atoms. The first-order valence-electron chi connectivity index (χ1n) is 8.89. The molecule has 0 amide bonds. The van der Waals surface area contributed by atoms with Gasteiger partial charge >= 0.3 is 5.97 Å². The van der Waals surface area contributed by atoms with E-state index in [1.165, 1.54) is 6.20 Å². The van der Waals surface area contributed by atoms with Crippen molar-refractivity contribution in [3.05, 3.63) is 69.5 Å². The van der Waals surface area contributed by atoms with Crippen molar-refractivity contribution in [3.63, 3.8) is 0 Å². The number of carbonyl (C=O) groups is 1. The molecule has 6 heteroatoms. The molecule has 1 aromatic heterocycles. The summed E-state index contributed by atoms with van der Waals surface area (Å²) in [5.41, 5.74) is 4.78. The van der Waals surface area contributed by atoms with Gasteiger partial charge in [0.1, 0.15) is 5.60 Å². The number of rotatable bonds is 1. The van der Waals surface area contributed by atoms with Crippen molar-refractivity contribution in [2.24, 2.45) is 0 Å². The molecule has 0 N–H and O–H groups in total. The predicted octanol–water partition coefficient (Wildman–Crippen LogP) is 5.98. The summed E-state index contributed by atoms with van der Waals surface area (Å²) in [6, 6.07) is 11.3.